The maximum absolute atomic E-state index is 12.2. The second kappa shape index (κ2) is 13.9. The smallest absolute Gasteiger partial charge is 0.387 e. The third-order valence-corrected chi connectivity index (χ3v) is 4.43. The van der Waals surface area contributed by atoms with Crippen molar-refractivity contribution in [1.82, 2.24) is 15.5 Å². The molecule has 1 unspecified atom stereocenters. The molecule has 1 heterocycles. The number of guanidine groups is 1. The van der Waals surface area contributed by atoms with Crippen molar-refractivity contribution < 1.29 is 18.6 Å². The first kappa shape index (κ1) is 24.8. The molecule has 1 fully saturated rings. The minimum Gasteiger partial charge on any atom is -0.435 e. The van der Waals surface area contributed by atoms with Crippen LogP contribution in [-0.4, -0.2) is 61.8 Å². The number of piperidine rings is 1. The quantitative estimate of drug-likeness (QED) is 0.270. The molecule has 1 aliphatic rings. The van der Waals surface area contributed by atoms with Gasteiger partial charge >= 0.3 is 6.61 Å². The summed E-state index contributed by atoms with van der Waals surface area (Å²) in [5.41, 5.74) is 0.601. The largest absolute Gasteiger partial charge is 0.435 e. The number of benzene rings is 1. The van der Waals surface area contributed by atoms with Crippen molar-refractivity contribution >= 4 is 29.9 Å². The van der Waals surface area contributed by atoms with Gasteiger partial charge in [-0.15, -0.1) is 24.0 Å². The maximum atomic E-state index is 12.2. The summed E-state index contributed by atoms with van der Waals surface area (Å²) in [4.78, 5) is 6.86. The van der Waals surface area contributed by atoms with E-state index >= 15 is 0 Å². The summed E-state index contributed by atoms with van der Waals surface area (Å²) in [6.07, 6.45) is 3.03. The van der Waals surface area contributed by atoms with Gasteiger partial charge in [0, 0.05) is 19.6 Å². The lowest BCUT2D eigenvalue weighted by Crippen LogP contribution is -2.42. The van der Waals surface area contributed by atoms with Crippen LogP contribution in [0.15, 0.2) is 29.3 Å². The molecule has 0 aliphatic carbocycles. The number of likely N-dealkylation sites (tertiary alicyclic amines) is 1. The molecule has 0 radical (unpaired) electrons. The first-order chi connectivity index (χ1) is 13.1. The number of aliphatic hydroxyl groups excluding tert-OH is 1. The molecule has 0 spiro atoms. The lowest BCUT2D eigenvalue weighted by Gasteiger charge is -2.26. The Morgan fingerprint density at radius 1 is 1.18 bits per heavy atom. The van der Waals surface area contributed by atoms with Gasteiger partial charge in [0.15, 0.2) is 5.96 Å². The Hall–Kier alpha value is -1.20. The lowest BCUT2D eigenvalue weighted by molar-refractivity contribution is -0.0498. The summed E-state index contributed by atoms with van der Waals surface area (Å²) < 4.78 is 28.7. The molecule has 0 bridgehead atoms. The molecular formula is C19H31F2IN4O2. The number of alkyl halides is 2. The fourth-order valence-corrected chi connectivity index (χ4v) is 3.01. The van der Waals surface area contributed by atoms with Gasteiger partial charge in [0.2, 0.25) is 0 Å². The number of hydrogen-bond donors (Lipinski definition) is 3. The van der Waals surface area contributed by atoms with Crippen LogP contribution in [0.1, 0.15) is 37.9 Å². The van der Waals surface area contributed by atoms with E-state index in [-0.39, 0.29) is 36.3 Å². The first-order valence-corrected chi connectivity index (χ1v) is 9.56. The normalized spacial score (nSPS) is 16.4. The topological polar surface area (TPSA) is 69.1 Å². The zero-order chi connectivity index (χ0) is 19.5. The fraction of sp³-hybridized carbons (Fsp3) is 0.632. The zero-order valence-electron chi connectivity index (χ0n) is 16.2. The average Bonchev–Trinajstić information content (AvgIpc) is 2.67. The van der Waals surface area contributed by atoms with Crippen LogP contribution in [0.5, 0.6) is 5.75 Å². The number of ether oxygens (including phenoxy) is 1. The summed E-state index contributed by atoms with van der Waals surface area (Å²) in [7, 11) is 0. The number of rotatable bonds is 9. The van der Waals surface area contributed by atoms with Crippen molar-refractivity contribution in [2.24, 2.45) is 4.99 Å². The molecule has 1 saturated heterocycles. The molecule has 1 atom stereocenters. The van der Waals surface area contributed by atoms with Crippen molar-refractivity contribution in [2.75, 3.05) is 39.3 Å². The number of halogens is 3. The van der Waals surface area contributed by atoms with E-state index in [4.69, 9.17) is 0 Å². The van der Waals surface area contributed by atoms with Crippen LogP contribution in [-0.2, 0) is 0 Å². The molecule has 160 valence electrons. The van der Waals surface area contributed by atoms with E-state index in [9.17, 15) is 13.9 Å². The second-order valence-electron chi connectivity index (χ2n) is 6.51. The maximum Gasteiger partial charge on any atom is 0.387 e. The summed E-state index contributed by atoms with van der Waals surface area (Å²) >= 11 is 0. The van der Waals surface area contributed by atoms with E-state index in [1.54, 1.807) is 12.1 Å². The molecule has 1 aliphatic heterocycles. The molecule has 28 heavy (non-hydrogen) atoms. The van der Waals surface area contributed by atoms with E-state index in [2.05, 4.69) is 25.3 Å². The molecule has 0 aromatic heterocycles. The number of hydrogen-bond acceptors (Lipinski definition) is 4. The summed E-state index contributed by atoms with van der Waals surface area (Å²) in [6.45, 7) is 4.10. The van der Waals surface area contributed by atoms with E-state index in [1.165, 1.54) is 31.4 Å². The molecule has 0 amide bonds. The van der Waals surface area contributed by atoms with Gasteiger partial charge < -0.3 is 25.4 Å². The molecule has 1 aromatic rings. The Morgan fingerprint density at radius 3 is 2.46 bits per heavy atom. The van der Waals surface area contributed by atoms with E-state index in [1.807, 2.05) is 6.92 Å². The molecule has 3 N–H and O–H groups in total. The van der Waals surface area contributed by atoms with Gasteiger partial charge in [-0.05, 0) is 50.6 Å². The summed E-state index contributed by atoms with van der Waals surface area (Å²) in [5.74, 6) is 0.725. The fourth-order valence-electron chi connectivity index (χ4n) is 3.01. The number of nitrogens with zero attached hydrogens (tertiary/aromatic N) is 2. The van der Waals surface area contributed by atoms with Gasteiger partial charge in [-0.25, -0.2) is 0 Å². The van der Waals surface area contributed by atoms with Gasteiger partial charge in [-0.3, -0.25) is 4.99 Å². The predicted octanol–water partition coefficient (Wildman–Crippen LogP) is 2.98. The minimum absolute atomic E-state index is 0. The Morgan fingerprint density at radius 2 is 1.86 bits per heavy atom. The Kier molecular flexibility index (Phi) is 12.3. The SMILES string of the molecule is CCNC(=NCC(O)c1ccc(OC(F)F)cc1)NCCN1CCCCC1.I. The van der Waals surface area contributed by atoms with Crippen LogP contribution in [0.2, 0.25) is 0 Å². The van der Waals surface area contributed by atoms with Crippen LogP contribution in [0.3, 0.4) is 0 Å². The number of nitrogens with one attached hydrogen (secondary N) is 2. The van der Waals surface area contributed by atoms with E-state index in [0.717, 1.165) is 32.7 Å². The Labute approximate surface area is 182 Å². The lowest BCUT2D eigenvalue weighted by atomic mass is 10.1. The van der Waals surface area contributed by atoms with Gasteiger partial charge in [0.25, 0.3) is 0 Å². The van der Waals surface area contributed by atoms with Crippen LogP contribution in [0.25, 0.3) is 0 Å². The highest BCUT2D eigenvalue weighted by molar-refractivity contribution is 14.0. The van der Waals surface area contributed by atoms with Gasteiger partial charge in [0.05, 0.1) is 12.6 Å². The average molecular weight is 512 g/mol. The summed E-state index contributed by atoms with van der Waals surface area (Å²) in [6, 6.07) is 5.95. The molecule has 6 nitrogen and oxygen atoms in total. The Balaban J connectivity index is 0.00000392. The van der Waals surface area contributed by atoms with Gasteiger partial charge in [-0.2, -0.15) is 8.78 Å². The monoisotopic (exact) mass is 512 g/mol. The van der Waals surface area contributed by atoms with Crippen molar-refractivity contribution in [3.8, 4) is 5.75 Å². The zero-order valence-corrected chi connectivity index (χ0v) is 18.6. The third kappa shape index (κ3) is 9.33. The van der Waals surface area contributed by atoms with Crippen LogP contribution in [0, 0.1) is 0 Å². The predicted molar refractivity (Wildman–Crippen MR) is 118 cm³/mol. The standard InChI is InChI=1S/C19H30F2N4O2.HI/c1-2-22-19(23-10-13-25-11-4-3-5-12-25)24-14-17(26)15-6-8-16(9-7-15)27-18(20)21;/h6-9,17-18,26H,2-5,10-14H2,1H3,(H2,22,23,24);1H. The minimum atomic E-state index is -2.86. The van der Waals surface area contributed by atoms with Crippen LogP contribution < -0.4 is 15.4 Å². The van der Waals surface area contributed by atoms with Crippen molar-refractivity contribution in [3.05, 3.63) is 29.8 Å². The first-order valence-electron chi connectivity index (χ1n) is 9.56. The van der Waals surface area contributed by atoms with Crippen molar-refractivity contribution in [3.63, 3.8) is 0 Å². The van der Waals surface area contributed by atoms with E-state index in [0.29, 0.717) is 11.5 Å². The summed E-state index contributed by atoms with van der Waals surface area (Å²) in [5, 5.41) is 16.7. The van der Waals surface area contributed by atoms with E-state index < -0.39 is 12.7 Å². The molecule has 1 aromatic carbocycles. The highest BCUT2D eigenvalue weighted by Crippen LogP contribution is 2.19. The highest BCUT2D eigenvalue weighted by atomic mass is 127. The molecular weight excluding hydrogens is 481 g/mol. The van der Waals surface area contributed by atoms with Crippen molar-refractivity contribution in [2.45, 2.75) is 38.9 Å². The molecule has 9 heteroatoms. The van der Waals surface area contributed by atoms with Crippen LogP contribution >= 0.6 is 24.0 Å². The highest BCUT2D eigenvalue weighted by Gasteiger charge is 2.11. The van der Waals surface area contributed by atoms with Crippen LogP contribution in [0.4, 0.5) is 8.78 Å². The number of aliphatic hydroxyl groups is 1. The molecule has 0 saturated carbocycles. The second-order valence-corrected chi connectivity index (χ2v) is 6.51. The number of aliphatic imine (C=N–C) groups is 1. The van der Waals surface area contributed by atoms with Crippen molar-refractivity contribution in [1.29, 1.82) is 0 Å². The molecule has 2 rings (SSSR count). The third-order valence-electron chi connectivity index (χ3n) is 4.43. The van der Waals surface area contributed by atoms with Gasteiger partial charge in [0.1, 0.15) is 5.75 Å². The Bertz CT molecular complexity index is 570. The van der Waals surface area contributed by atoms with Gasteiger partial charge in [-0.1, -0.05) is 18.6 Å².